The molecular weight excluding hydrogens is 549 g/mol. The minimum atomic E-state index is 0.497. The predicted molar refractivity (Wildman–Crippen MR) is 178 cm³/mol. The number of nitrogens with zero attached hydrogens (tertiary/aromatic N) is 2. The summed E-state index contributed by atoms with van der Waals surface area (Å²) < 4.78 is 5.03. The van der Waals surface area contributed by atoms with Crippen LogP contribution in [-0.2, 0) is 0 Å². The molecule has 0 atom stereocenters. The molecule has 2 aromatic heterocycles. The highest BCUT2D eigenvalue weighted by Gasteiger charge is 2.16. The SMILES string of the molecule is N#Cc1cccc(C#N)c1-c1cc(-c2ccc3c(c2)sc2ccccc23)cc(-c2ccc3c(c2)sc2ccccc23)c1. The summed E-state index contributed by atoms with van der Waals surface area (Å²) in [6.07, 6.45) is 0. The largest absolute Gasteiger partial charge is 0.192 e. The lowest BCUT2D eigenvalue weighted by atomic mass is 9.89. The van der Waals surface area contributed by atoms with Crippen LogP contribution >= 0.6 is 22.7 Å². The normalized spacial score (nSPS) is 11.3. The highest BCUT2D eigenvalue weighted by atomic mass is 32.1. The van der Waals surface area contributed by atoms with Gasteiger partial charge in [0.1, 0.15) is 0 Å². The Morgan fingerprint density at radius 3 is 1.33 bits per heavy atom. The van der Waals surface area contributed by atoms with Crippen molar-refractivity contribution in [2.45, 2.75) is 0 Å². The molecule has 8 aromatic rings. The van der Waals surface area contributed by atoms with Gasteiger partial charge in [0, 0.05) is 45.9 Å². The number of hydrogen-bond donors (Lipinski definition) is 0. The fourth-order valence-corrected chi connectivity index (χ4v) is 8.26. The molecule has 0 spiro atoms. The third-order valence-corrected chi connectivity index (χ3v) is 10.2. The van der Waals surface area contributed by atoms with E-state index in [9.17, 15) is 10.5 Å². The average Bonchev–Trinajstić information content (AvgIpc) is 3.61. The number of fused-ring (bicyclic) bond motifs is 6. The van der Waals surface area contributed by atoms with E-state index in [4.69, 9.17) is 0 Å². The van der Waals surface area contributed by atoms with E-state index in [1.165, 1.54) is 40.3 Å². The second kappa shape index (κ2) is 9.68. The maximum Gasteiger partial charge on any atom is 0.0998 e. The molecule has 0 saturated heterocycles. The molecule has 42 heavy (non-hydrogen) atoms. The Morgan fingerprint density at radius 2 is 0.833 bits per heavy atom. The summed E-state index contributed by atoms with van der Waals surface area (Å²) in [6, 6.07) is 46.8. The topological polar surface area (TPSA) is 47.6 Å². The molecular formula is C38H20N2S2. The maximum absolute atomic E-state index is 9.99. The van der Waals surface area contributed by atoms with E-state index in [0.29, 0.717) is 16.7 Å². The summed E-state index contributed by atoms with van der Waals surface area (Å²) in [4.78, 5) is 0. The zero-order chi connectivity index (χ0) is 28.2. The molecule has 0 amide bonds. The quantitative estimate of drug-likeness (QED) is 0.213. The van der Waals surface area contributed by atoms with Gasteiger partial charge in [0.05, 0.1) is 23.3 Å². The van der Waals surface area contributed by atoms with Crippen LogP contribution in [0.3, 0.4) is 0 Å². The average molecular weight is 569 g/mol. The number of thiophene rings is 2. The monoisotopic (exact) mass is 568 g/mol. The zero-order valence-electron chi connectivity index (χ0n) is 22.3. The van der Waals surface area contributed by atoms with Crippen LogP contribution in [0, 0.1) is 22.7 Å². The van der Waals surface area contributed by atoms with Gasteiger partial charge in [-0.05, 0) is 82.4 Å². The van der Waals surface area contributed by atoms with Gasteiger partial charge in [0.25, 0.3) is 0 Å². The van der Waals surface area contributed by atoms with Crippen LogP contribution in [0.25, 0.3) is 73.7 Å². The molecule has 0 radical (unpaired) electrons. The van der Waals surface area contributed by atoms with Crippen LogP contribution in [0.1, 0.15) is 11.1 Å². The van der Waals surface area contributed by atoms with Crippen LogP contribution in [0.15, 0.2) is 121 Å². The Kier molecular flexibility index (Phi) is 5.66. The molecule has 0 N–H and O–H groups in total. The van der Waals surface area contributed by atoms with Crippen molar-refractivity contribution in [3.05, 3.63) is 132 Å². The highest BCUT2D eigenvalue weighted by molar-refractivity contribution is 7.26. The first-order chi connectivity index (χ1) is 20.7. The van der Waals surface area contributed by atoms with E-state index in [2.05, 4.69) is 115 Å². The molecule has 4 heteroatoms. The summed E-state index contributed by atoms with van der Waals surface area (Å²) >= 11 is 3.60. The van der Waals surface area contributed by atoms with Gasteiger partial charge in [0.2, 0.25) is 0 Å². The van der Waals surface area contributed by atoms with Crippen molar-refractivity contribution < 1.29 is 0 Å². The molecule has 0 aliphatic heterocycles. The highest BCUT2D eigenvalue weighted by Crippen LogP contribution is 2.41. The summed E-state index contributed by atoms with van der Waals surface area (Å²) in [5.74, 6) is 0. The number of nitriles is 2. The van der Waals surface area contributed by atoms with Gasteiger partial charge in [0.15, 0.2) is 0 Å². The summed E-state index contributed by atoms with van der Waals surface area (Å²) in [5.41, 5.74) is 6.85. The van der Waals surface area contributed by atoms with Crippen LogP contribution in [0.4, 0.5) is 0 Å². The molecule has 0 unspecified atom stereocenters. The summed E-state index contributed by atoms with van der Waals surface area (Å²) in [7, 11) is 0. The zero-order valence-corrected chi connectivity index (χ0v) is 23.9. The van der Waals surface area contributed by atoms with Gasteiger partial charge in [-0.25, -0.2) is 0 Å². The van der Waals surface area contributed by atoms with Crippen molar-refractivity contribution >= 4 is 63.0 Å². The van der Waals surface area contributed by atoms with Crippen LogP contribution < -0.4 is 0 Å². The van der Waals surface area contributed by atoms with Gasteiger partial charge in [-0.2, -0.15) is 10.5 Å². The van der Waals surface area contributed by atoms with E-state index in [0.717, 1.165) is 27.8 Å². The lowest BCUT2D eigenvalue weighted by molar-refractivity contribution is 1.44. The van der Waals surface area contributed by atoms with Gasteiger partial charge in [-0.3, -0.25) is 0 Å². The van der Waals surface area contributed by atoms with E-state index in [1.807, 2.05) is 0 Å². The molecule has 0 fully saturated rings. The van der Waals surface area contributed by atoms with Crippen molar-refractivity contribution in [1.82, 2.24) is 0 Å². The standard InChI is InChI=1S/C38H20N2S2/c39-21-25-6-5-7-26(22-40)38(25)29-17-27(23-12-14-32-30-8-1-3-10-34(30)41-36(32)19-23)16-28(18-29)24-13-15-33-31-9-2-4-11-35(31)42-37(33)20-24/h1-20H. The Hall–Kier alpha value is -5.26. The lowest BCUT2D eigenvalue weighted by Crippen LogP contribution is -1.92. The fraction of sp³-hybridized carbons (Fsp3) is 0. The van der Waals surface area contributed by atoms with Crippen molar-refractivity contribution in [1.29, 1.82) is 10.5 Å². The predicted octanol–water partition coefficient (Wildman–Crippen LogP) is 11.2. The first kappa shape index (κ1) is 24.5. The Morgan fingerprint density at radius 1 is 0.381 bits per heavy atom. The Balaban J connectivity index is 1.37. The minimum Gasteiger partial charge on any atom is -0.192 e. The van der Waals surface area contributed by atoms with Gasteiger partial charge in [-0.15, -0.1) is 22.7 Å². The van der Waals surface area contributed by atoms with Crippen molar-refractivity contribution in [2.24, 2.45) is 0 Å². The first-order valence-electron chi connectivity index (χ1n) is 13.6. The Labute approximate surface area is 250 Å². The molecule has 0 aliphatic carbocycles. The molecule has 2 heterocycles. The fourth-order valence-electron chi connectivity index (χ4n) is 5.97. The number of rotatable bonds is 3. The third-order valence-electron chi connectivity index (χ3n) is 7.95. The van der Waals surface area contributed by atoms with E-state index in [1.54, 1.807) is 40.9 Å². The van der Waals surface area contributed by atoms with Gasteiger partial charge in [-0.1, -0.05) is 66.7 Å². The van der Waals surface area contributed by atoms with Crippen molar-refractivity contribution in [3.8, 4) is 45.5 Å². The van der Waals surface area contributed by atoms with Crippen LogP contribution in [-0.4, -0.2) is 0 Å². The Bertz CT molecular complexity index is 2280. The lowest BCUT2D eigenvalue weighted by Gasteiger charge is -2.13. The van der Waals surface area contributed by atoms with Gasteiger partial charge < -0.3 is 0 Å². The first-order valence-corrected chi connectivity index (χ1v) is 15.3. The molecule has 0 bridgehead atoms. The molecule has 8 rings (SSSR count). The number of hydrogen-bond acceptors (Lipinski definition) is 4. The van der Waals surface area contributed by atoms with Crippen LogP contribution in [0.2, 0.25) is 0 Å². The summed E-state index contributed by atoms with van der Waals surface area (Å²) in [6.45, 7) is 0. The second-order valence-corrected chi connectivity index (χ2v) is 12.5. The van der Waals surface area contributed by atoms with Gasteiger partial charge >= 0.3 is 0 Å². The van der Waals surface area contributed by atoms with E-state index in [-0.39, 0.29) is 0 Å². The van der Waals surface area contributed by atoms with Crippen LogP contribution in [0.5, 0.6) is 0 Å². The van der Waals surface area contributed by atoms with Crippen molar-refractivity contribution in [3.63, 3.8) is 0 Å². The molecule has 194 valence electrons. The number of benzene rings is 6. The van der Waals surface area contributed by atoms with E-state index >= 15 is 0 Å². The third kappa shape index (κ3) is 3.90. The maximum atomic E-state index is 9.99. The smallest absolute Gasteiger partial charge is 0.0998 e. The molecule has 2 nitrogen and oxygen atoms in total. The minimum absolute atomic E-state index is 0.497. The molecule has 0 aliphatic rings. The second-order valence-electron chi connectivity index (χ2n) is 10.4. The molecule has 0 saturated carbocycles. The summed E-state index contributed by atoms with van der Waals surface area (Å²) in [5, 5.41) is 25.0. The van der Waals surface area contributed by atoms with Crippen molar-refractivity contribution in [2.75, 3.05) is 0 Å². The van der Waals surface area contributed by atoms with E-state index < -0.39 is 0 Å². The molecule has 6 aromatic carbocycles.